The Morgan fingerprint density at radius 3 is 2.85 bits per heavy atom. The second kappa shape index (κ2) is 6.29. The van der Waals surface area contributed by atoms with Gasteiger partial charge in [-0.05, 0) is 23.6 Å². The van der Waals surface area contributed by atoms with Crippen molar-refractivity contribution in [2.45, 2.75) is 26.4 Å². The molecule has 2 N–H and O–H groups in total. The number of carbonyl (C=O) groups is 1. The quantitative estimate of drug-likeness (QED) is 0.833. The van der Waals surface area contributed by atoms with E-state index in [4.69, 9.17) is 16.3 Å². The van der Waals surface area contributed by atoms with E-state index < -0.39 is 0 Å². The number of aromatic nitrogens is 1. The van der Waals surface area contributed by atoms with E-state index >= 15 is 0 Å². The maximum Gasteiger partial charge on any atom is 0.323 e. The lowest BCUT2D eigenvalue weighted by atomic mass is 10.0. The summed E-state index contributed by atoms with van der Waals surface area (Å²) in [4.78, 5) is 14.9. The fraction of sp³-hybridized carbons (Fsp3) is 0.400. The van der Waals surface area contributed by atoms with Crippen LogP contribution in [0.15, 0.2) is 24.4 Å². The van der Waals surface area contributed by atoms with Crippen molar-refractivity contribution in [1.82, 2.24) is 10.3 Å². The summed E-state index contributed by atoms with van der Waals surface area (Å²) in [6.45, 7) is 4.58. The number of carbonyl (C=O) groups excluding carboxylic acids is 1. The standard InChI is InChI=1S/C15H19ClN2O2/c1-9(2)14(15(19)20-3)18-8-10-7-17-13-6-11(16)4-5-12(10)13/h4-7,9,14,17-18H,8H2,1-3H3. The van der Waals surface area contributed by atoms with Crippen molar-refractivity contribution in [3.63, 3.8) is 0 Å². The summed E-state index contributed by atoms with van der Waals surface area (Å²) in [5.41, 5.74) is 2.10. The summed E-state index contributed by atoms with van der Waals surface area (Å²) in [6, 6.07) is 5.42. The molecule has 108 valence electrons. The average Bonchev–Trinajstić information content (AvgIpc) is 2.80. The number of aromatic amines is 1. The maximum atomic E-state index is 11.7. The zero-order valence-electron chi connectivity index (χ0n) is 11.9. The van der Waals surface area contributed by atoms with E-state index in [-0.39, 0.29) is 17.9 Å². The molecule has 20 heavy (non-hydrogen) atoms. The second-order valence-electron chi connectivity index (χ2n) is 5.13. The van der Waals surface area contributed by atoms with Crippen LogP contribution >= 0.6 is 11.6 Å². The van der Waals surface area contributed by atoms with Gasteiger partial charge >= 0.3 is 5.97 Å². The molecule has 0 amide bonds. The van der Waals surface area contributed by atoms with Crippen LogP contribution in [0.4, 0.5) is 0 Å². The highest BCUT2D eigenvalue weighted by Gasteiger charge is 2.22. The number of ether oxygens (including phenoxy) is 1. The number of hydrogen-bond donors (Lipinski definition) is 2. The Labute approximate surface area is 123 Å². The van der Waals surface area contributed by atoms with Gasteiger partial charge in [0.25, 0.3) is 0 Å². The summed E-state index contributed by atoms with van der Waals surface area (Å²) in [6.07, 6.45) is 1.93. The van der Waals surface area contributed by atoms with E-state index in [0.29, 0.717) is 11.6 Å². The topological polar surface area (TPSA) is 54.1 Å². The number of esters is 1. The third kappa shape index (κ3) is 3.14. The van der Waals surface area contributed by atoms with Gasteiger partial charge in [0.2, 0.25) is 0 Å². The highest BCUT2D eigenvalue weighted by atomic mass is 35.5. The number of fused-ring (bicyclic) bond motifs is 1. The Balaban J connectivity index is 2.14. The van der Waals surface area contributed by atoms with Crippen LogP contribution in [-0.2, 0) is 16.1 Å². The molecule has 1 unspecified atom stereocenters. The minimum Gasteiger partial charge on any atom is -0.468 e. The second-order valence-corrected chi connectivity index (χ2v) is 5.57. The minimum atomic E-state index is -0.308. The molecule has 0 aliphatic carbocycles. The van der Waals surface area contributed by atoms with E-state index in [1.54, 1.807) is 0 Å². The highest BCUT2D eigenvalue weighted by Crippen LogP contribution is 2.22. The average molecular weight is 295 g/mol. The fourth-order valence-electron chi connectivity index (χ4n) is 2.24. The lowest BCUT2D eigenvalue weighted by molar-refractivity contribution is -0.144. The monoisotopic (exact) mass is 294 g/mol. The number of benzene rings is 1. The van der Waals surface area contributed by atoms with Crippen LogP contribution in [0.5, 0.6) is 0 Å². The van der Waals surface area contributed by atoms with E-state index in [1.165, 1.54) is 7.11 Å². The molecule has 0 radical (unpaired) electrons. The molecule has 0 aliphatic heterocycles. The molecule has 1 atom stereocenters. The third-order valence-electron chi connectivity index (χ3n) is 3.36. The molecule has 0 spiro atoms. The van der Waals surface area contributed by atoms with Crippen molar-refractivity contribution in [3.05, 3.63) is 35.0 Å². The summed E-state index contributed by atoms with van der Waals surface area (Å²) >= 11 is 5.96. The lowest BCUT2D eigenvalue weighted by Crippen LogP contribution is -2.41. The molecular weight excluding hydrogens is 276 g/mol. The van der Waals surface area contributed by atoms with Crippen LogP contribution in [0.25, 0.3) is 10.9 Å². The zero-order chi connectivity index (χ0) is 14.7. The van der Waals surface area contributed by atoms with Crippen molar-refractivity contribution < 1.29 is 9.53 Å². The Kier molecular flexibility index (Phi) is 4.68. The molecule has 2 aromatic rings. The van der Waals surface area contributed by atoms with Crippen molar-refractivity contribution in [3.8, 4) is 0 Å². The van der Waals surface area contributed by atoms with Crippen molar-refractivity contribution >= 4 is 28.5 Å². The van der Waals surface area contributed by atoms with Gasteiger partial charge in [-0.3, -0.25) is 10.1 Å². The van der Waals surface area contributed by atoms with Gasteiger partial charge in [0.1, 0.15) is 6.04 Å². The Hall–Kier alpha value is -1.52. The number of methoxy groups -OCH3 is 1. The van der Waals surface area contributed by atoms with Gasteiger partial charge in [-0.1, -0.05) is 31.5 Å². The van der Waals surface area contributed by atoms with Crippen LogP contribution in [0.3, 0.4) is 0 Å². The van der Waals surface area contributed by atoms with Gasteiger partial charge in [0.05, 0.1) is 7.11 Å². The van der Waals surface area contributed by atoms with Gasteiger partial charge in [0.15, 0.2) is 0 Å². The van der Waals surface area contributed by atoms with Crippen LogP contribution in [0.1, 0.15) is 19.4 Å². The van der Waals surface area contributed by atoms with Crippen LogP contribution in [-0.4, -0.2) is 24.1 Å². The van der Waals surface area contributed by atoms with Gasteiger partial charge in [0, 0.05) is 28.7 Å². The highest BCUT2D eigenvalue weighted by molar-refractivity contribution is 6.31. The van der Waals surface area contributed by atoms with E-state index in [9.17, 15) is 4.79 Å². The first-order chi connectivity index (χ1) is 9.52. The first kappa shape index (κ1) is 14.9. The first-order valence-corrected chi connectivity index (χ1v) is 6.97. The maximum absolute atomic E-state index is 11.7. The number of nitrogens with one attached hydrogen (secondary N) is 2. The number of halogens is 1. The number of hydrogen-bond acceptors (Lipinski definition) is 3. The van der Waals surface area contributed by atoms with E-state index in [1.807, 2.05) is 38.2 Å². The molecule has 2 rings (SSSR count). The van der Waals surface area contributed by atoms with Gasteiger partial charge in [-0.2, -0.15) is 0 Å². The Morgan fingerprint density at radius 2 is 2.20 bits per heavy atom. The SMILES string of the molecule is COC(=O)C(NCc1c[nH]c2cc(Cl)ccc12)C(C)C. The summed E-state index contributed by atoms with van der Waals surface area (Å²) in [5.74, 6) is -0.0648. The first-order valence-electron chi connectivity index (χ1n) is 6.59. The number of H-pyrrole nitrogens is 1. The molecule has 0 saturated carbocycles. The van der Waals surface area contributed by atoms with Crippen molar-refractivity contribution in [1.29, 1.82) is 0 Å². The molecule has 4 nitrogen and oxygen atoms in total. The summed E-state index contributed by atoms with van der Waals surface area (Å²) in [5, 5.41) is 5.06. The predicted octanol–water partition coefficient (Wildman–Crippen LogP) is 3.11. The van der Waals surface area contributed by atoms with E-state index in [0.717, 1.165) is 16.5 Å². The Bertz CT molecular complexity index is 607. The zero-order valence-corrected chi connectivity index (χ0v) is 12.6. The van der Waals surface area contributed by atoms with Gasteiger partial charge in [-0.15, -0.1) is 0 Å². The van der Waals surface area contributed by atoms with Crippen molar-refractivity contribution in [2.75, 3.05) is 7.11 Å². The molecule has 0 bridgehead atoms. The largest absolute Gasteiger partial charge is 0.468 e. The molecule has 1 heterocycles. The third-order valence-corrected chi connectivity index (χ3v) is 3.60. The van der Waals surface area contributed by atoms with Crippen LogP contribution < -0.4 is 5.32 Å². The lowest BCUT2D eigenvalue weighted by Gasteiger charge is -2.19. The van der Waals surface area contributed by atoms with Crippen LogP contribution in [0, 0.1) is 5.92 Å². The normalized spacial score (nSPS) is 12.8. The van der Waals surface area contributed by atoms with Gasteiger partial charge in [-0.25, -0.2) is 0 Å². The molecular formula is C15H19ClN2O2. The summed E-state index contributed by atoms with van der Waals surface area (Å²) < 4.78 is 4.82. The molecule has 5 heteroatoms. The van der Waals surface area contributed by atoms with Gasteiger partial charge < -0.3 is 9.72 Å². The molecule has 0 saturated heterocycles. The number of rotatable bonds is 5. The van der Waals surface area contributed by atoms with Crippen LogP contribution in [0.2, 0.25) is 5.02 Å². The van der Waals surface area contributed by atoms with Crippen molar-refractivity contribution in [2.24, 2.45) is 5.92 Å². The molecule has 1 aromatic heterocycles. The molecule has 1 aromatic carbocycles. The summed E-state index contributed by atoms with van der Waals surface area (Å²) in [7, 11) is 1.41. The minimum absolute atomic E-state index is 0.169. The molecule has 0 fully saturated rings. The predicted molar refractivity (Wildman–Crippen MR) is 80.8 cm³/mol. The Morgan fingerprint density at radius 1 is 1.45 bits per heavy atom. The molecule has 0 aliphatic rings. The fourth-order valence-corrected chi connectivity index (χ4v) is 2.41. The smallest absolute Gasteiger partial charge is 0.323 e. The van der Waals surface area contributed by atoms with E-state index in [2.05, 4.69) is 10.3 Å².